The minimum absolute atomic E-state index is 0.178. The van der Waals surface area contributed by atoms with Crippen LogP contribution in [0, 0.1) is 17.0 Å². The summed E-state index contributed by atoms with van der Waals surface area (Å²) in [5.41, 5.74) is 3.56. The number of carbonyl (C=O) groups is 1. The van der Waals surface area contributed by atoms with Crippen molar-refractivity contribution in [1.82, 2.24) is 14.8 Å². The number of non-ortho nitro benzene ring substituents is 1. The number of fused-ring (bicyclic) bond motifs is 1. The van der Waals surface area contributed by atoms with E-state index < -0.39 is 10.8 Å². The van der Waals surface area contributed by atoms with Crippen molar-refractivity contribution in [2.45, 2.75) is 20.4 Å². The lowest BCUT2D eigenvalue weighted by Gasteiger charge is -2.11. The number of nitro benzene ring substituents is 1. The predicted molar refractivity (Wildman–Crippen MR) is 121 cm³/mol. The van der Waals surface area contributed by atoms with Crippen molar-refractivity contribution in [3.8, 4) is 17.0 Å². The number of aromatic nitrogens is 3. The smallest absolute Gasteiger partial charge is 0.275 e. The molecule has 0 spiro atoms. The van der Waals surface area contributed by atoms with E-state index in [0.717, 1.165) is 17.8 Å². The molecule has 0 bridgehead atoms. The Balaban J connectivity index is 1.80. The van der Waals surface area contributed by atoms with Gasteiger partial charge >= 0.3 is 0 Å². The van der Waals surface area contributed by atoms with Crippen molar-refractivity contribution in [3.05, 3.63) is 76.1 Å². The molecular weight excluding hydrogens is 410 g/mol. The first-order chi connectivity index (χ1) is 15.4. The summed E-state index contributed by atoms with van der Waals surface area (Å²) < 4.78 is 6.99. The summed E-state index contributed by atoms with van der Waals surface area (Å²) in [7, 11) is 1.41. The zero-order valence-corrected chi connectivity index (χ0v) is 17.8. The number of methoxy groups -OCH3 is 1. The number of hydrogen-bond acceptors (Lipinski definition) is 6. The van der Waals surface area contributed by atoms with Gasteiger partial charge in [0.25, 0.3) is 11.6 Å². The normalized spacial score (nSPS) is 10.8. The van der Waals surface area contributed by atoms with Gasteiger partial charge in [-0.25, -0.2) is 4.98 Å². The molecule has 0 aliphatic rings. The Hall–Kier alpha value is -4.27. The van der Waals surface area contributed by atoms with Gasteiger partial charge in [0.15, 0.2) is 0 Å². The lowest BCUT2D eigenvalue weighted by atomic mass is 10.0. The molecule has 0 fully saturated rings. The van der Waals surface area contributed by atoms with Crippen LogP contribution in [0.25, 0.3) is 22.2 Å². The number of nitro groups is 1. The average Bonchev–Trinajstić information content (AvgIpc) is 3.18. The van der Waals surface area contributed by atoms with Crippen LogP contribution in [-0.4, -0.2) is 32.7 Å². The minimum atomic E-state index is -0.535. The average molecular weight is 431 g/mol. The van der Waals surface area contributed by atoms with Gasteiger partial charge < -0.3 is 10.1 Å². The molecule has 4 rings (SSSR count). The van der Waals surface area contributed by atoms with Gasteiger partial charge in [-0.05, 0) is 26.0 Å². The first-order valence-corrected chi connectivity index (χ1v) is 9.98. The fourth-order valence-electron chi connectivity index (χ4n) is 3.60. The molecular formula is C23H21N5O4. The number of nitrogens with one attached hydrogen (secondary N) is 1. The third kappa shape index (κ3) is 3.87. The molecule has 2 aromatic heterocycles. The van der Waals surface area contributed by atoms with Gasteiger partial charge in [-0.15, -0.1) is 0 Å². The SMILES string of the molecule is CCn1ncc(-c2cc(C(=O)Nc3cc(OC)cc([N+](=O)[O-])c3)c3ccccc3n2)c1C. The number of para-hydroxylation sites is 1. The number of amides is 1. The number of ether oxygens (including phenoxy) is 1. The van der Waals surface area contributed by atoms with Crippen molar-refractivity contribution in [2.75, 3.05) is 12.4 Å². The van der Waals surface area contributed by atoms with E-state index >= 15 is 0 Å². The third-order valence-electron chi connectivity index (χ3n) is 5.24. The number of pyridine rings is 1. The zero-order chi connectivity index (χ0) is 22.8. The van der Waals surface area contributed by atoms with E-state index in [1.54, 1.807) is 12.3 Å². The number of rotatable bonds is 6. The molecule has 0 saturated carbocycles. The maximum Gasteiger partial charge on any atom is 0.275 e. The van der Waals surface area contributed by atoms with Crippen molar-refractivity contribution >= 4 is 28.2 Å². The van der Waals surface area contributed by atoms with Crippen LogP contribution in [0.15, 0.2) is 54.7 Å². The quantitative estimate of drug-likeness (QED) is 0.353. The molecule has 0 aliphatic carbocycles. The van der Waals surface area contributed by atoms with Crippen molar-refractivity contribution in [1.29, 1.82) is 0 Å². The molecule has 162 valence electrons. The van der Waals surface area contributed by atoms with E-state index in [0.29, 0.717) is 22.2 Å². The molecule has 9 heteroatoms. The number of carbonyl (C=O) groups excluding carboxylic acids is 1. The van der Waals surface area contributed by atoms with Crippen LogP contribution < -0.4 is 10.1 Å². The predicted octanol–water partition coefficient (Wildman–Crippen LogP) is 4.60. The van der Waals surface area contributed by atoms with Gasteiger partial charge in [0.1, 0.15) is 5.75 Å². The number of anilines is 1. The Kier molecular flexibility index (Phi) is 5.55. The standard InChI is InChI=1S/C23H21N5O4/c1-4-27-14(2)20(13-24-27)22-12-19(18-7-5-6-8-21(18)26-22)23(29)25-15-9-16(28(30)31)11-17(10-15)32-3/h5-13H,4H2,1-3H3,(H,25,29). The summed E-state index contributed by atoms with van der Waals surface area (Å²) in [6.45, 7) is 4.68. The lowest BCUT2D eigenvalue weighted by molar-refractivity contribution is -0.384. The van der Waals surface area contributed by atoms with Gasteiger partial charge in [-0.2, -0.15) is 5.10 Å². The Bertz CT molecular complexity index is 1350. The summed E-state index contributed by atoms with van der Waals surface area (Å²) >= 11 is 0. The lowest BCUT2D eigenvalue weighted by Crippen LogP contribution is -2.13. The third-order valence-corrected chi connectivity index (χ3v) is 5.24. The molecule has 4 aromatic rings. The highest BCUT2D eigenvalue weighted by molar-refractivity contribution is 6.13. The monoisotopic (exact) mass is 431 g/mol. The van der Waals surface area contributed by atoms with E-state index in [1.807, 2.05) is 42.8 Å². The summed E-state index contributed by atoms with van der Waals surface area (Å²) in [4.78, 5) is 28.7. The summed E-state index contributed by atoms with van der Waals surface area (Å²) in [5, 5.41) is 19.0. The number of nitrogens with zero attached hydrogens (tertiary/aromatic N) is 4. The number of benzene rings is 2. The molecule has 0 radical (unpaired) electrons. The van der Waals surface area contributed by atoms with Crippen LogP contribution in [0.1, 0.15) is 23.0 Å². The highest BCUT2D eigenvalue weighted by Crippen LogP contribution is 2.29. The molecule has 0 aliphatic heterocycles. The molecule has 9 nitrogen and oxygen atoms in total. The van der Waals surface area contributed by atoms with Gasteiger partial charge in [0.05, 0.1) is 46.8 Å². The molecule has 0 atom stereocenters. The van der Waals surface area contributed by atoms with Crippen LogP contribution in [0.5, 0.6) is 5.75 Å². The van der Waals surface area contributed by atoms with E-state index in [9.17, 15) is 14.9 Å². The van der Waals surface area contributed by atoms with Gasteiger partial charge in [-0.1, -0.05) is 18.2 Å². The van der Waals surface area contributed by atoms with Gasteiger partial charge in [-0.3, -0.25) is 19.6 Å². The number of hydrogen-bond donors (Lipinski definition) is 1. The second-order valence-corrected chi connectivity index (χ2v) is 7.16. The van der Waals surface area contributed by atoms with Gasteiger partial charge in [0.2, 0.25) is 0 Å². The van der Waals surface area contributed by atoms with E-state index in [4.69, 9.17) is 9.72 Å². The molecule has 1 N–H and O–H groups in total. The maximum absolute atomic E-state index is 13.3. The fraction of sp³-hybridized carbons (Fsp3) is 0.174. The van der Waals surface area contributed by atoms with Crippen LogP contribution in [0.3, 0.4) is 0 Å². The second-order valence-electron chi connectivity index (χ2n) is 7.16. The molecule has 0 unspecified atom stereocenters. The first-order valence-electron chi connectivity index (χ1n) is 9.98. The first kappa shape index (κ1) is 21.0. The van der Waals surface area contributed by atoms with Crippen LogP contribution in [0.2, 0.25) is 0 Å². The minimum Gasteiger partial charge on any atom is -0.496 e. The topological polar surface area (TPSA) is 112 Å². The van der Waals surface area contributed by atoms with E-state index in [1.165, 1.54) is 25.3 Å². The molecule has 2 heterocycles. The Labute approximate surface area is 183 Å². The van der Waals surface area contributed by atoms with Crippen molar-refractivity contribution in [3.63, 3.8) is 0 Å². The van der Waals surface area contributed by atoms with Crippen LogP contribution in [-0.2, 0) is 6.54 Å². The largest absolute Gasteiger partial charge is 0.496 e. The Morgan fingerprint density at radius 2 is 2.00 bits per heavy atom. The van der Waals surface area contributed by atoms with Crippen LogP contribution >= 0.6 is 0 Å². The highest BCUT2D eigenvalue weighted by Gasteiger charge is 2.18. The number of aryl methyl sites for hydroxylation is 1. The van der Waals surface area contributed by atoms with Crippen molar-refractivity contribution in [2.24, 2.45) is 0 Å². The maximum atomic E-state index is 13.3. The molecule has 1 amide bonds. The fourth-order valence-corrected chi connectivity index (χ4v) is 3.60. The summed E-state index contributed by atoms with van der Waals surface area (Å²) in [6, 6.07) is 13.2. The van der Waals surface area contributed by atoms with Gasteiger partial charge in [0, 0.05) is 35.3 Å². The molecule has 32 heavy (non-hydrogen) atoms. The molecule has 0 saturated heterocycles. The second kappa shape index (κ2) is 8.46. The Morgan fingerprint density at radius 3 is 2.69 bits per heavy atom. The zero-order valence-electron chi connectivity index (χ0n) is 17.8. The van der Waals surface area contributed by atoms with Crippen LogP contribution in [0.4, 0.5) is 11.4 Å². The van der Waals surface area contributed by atoms with E-state index in [2.05, 4.69) is 10.4 Å². The Morgan fingerprint density at radius 1 is 1.22 bits per heavy atom. The van der Waals surface area contributed by atoms with E-state index in [-0.39, 0.29) is 17.1 Å². The highest BCUT2D eigenvalue weighted by atomic mass is 16.6. The summed E-state index contributed by atoms with van der Waals surface area (Å²) in [6.07, 6.45) is 1.74. The summed E-state index contributed by atoms with van der Waals surface area (Å²) in [5.74, 6) is -0.134. The molecule has 2 aromatic carbocycles. The van der Waals surface area contributed by atoms with Crippen molar-refractivity contribution < 1.29 is 14.5 Å².